The van der Waals surface area contributed by atoms with Crippen molar-refractivity contribution in [2.75, 3.05) is 13.7 Å². The predicted octanol–water partition coefficient (Wildman–Crippen LogP) is 1.81. The molecular formula is C11H21NO2. The Morgan fingerprint density at radius 2 is 2.36 bits per heavy atom. The van der Waals surface area contributed by atoms with E-state index in [1.165, 1.54) is 26.4 Å². The minimum Gasteiger partial charge on any atom is -0.468 e. The van der Waals surface area contributed by atoms with Crippen LogP contribution in [0.4, 0.5) is 0 Å². The number of nitrogens with zero attached hydrogens (tertiary/aromatic N) is 1. The molecule has 2 unspecified atom stereocenters. The molecule has 0 radical (unpaired) electrons. The minimum absolute atomic E-state index is 0.0341. The number of rotatable bonds is 5. The number of unbranched alkanes of at least 4 members (excludes halogenated alkanes) is 1. The Kier molecular flexibility index (Phi) is 4.39. The van der Waals surface area contributed by atoms with E-state index < -0.39 is 0 Å². The van der Waals surface area contributed by atoms with Gasteiger partial charge < -0.3 is 4.74 Å². The second-order valence-electron chi connectivity index (χ2n) is 4.06. The van der Waals surface area contributed by atoms with Crippen molar-refractivity contribution in [3.8, 4) is 0 Å². The third-order valence-electron chi connectivity index (χ3n) is 3.08. The van der Waals surface area contributed by atoms with E-state index in [-0.39, 0.29) is 12.0 Å². The number of methoxy groups -OCH3 is 1. The van der Waals surface area contributed by atoms with E-state index in [4.69, 9.17) is 4.74 Å². The molecule has 82 valence electrons. The molecule has 1 saturated heterocycles. The van der Waals surface area contributed by atoms with Crippen LogP contribution in [0.3, 0.4) is 0 Å². The Bertz CT molecular complexity index is 194. The maximum atomic E-state index is 11.3. The van der Waals surface area contributed by atoms with Gasteiger partial charge >= 0.3 is 5.97 Å². The lowest BCUT2D eigenvalue weighted by molar-refractivity contribution is -0.153. The first-order valence-corrected chi connectivity index (χ1v) is 5.54. The zero-order chi connectivity index (χ0) is 10.6. The van der Waals surface area contributed by atoms with Crippen LogP contribution >= 0.6 is 0 Å². The Morgan fingerprint density at radius 3 is 2.79 bits per heavy atom. The van der Waals surface area contributed by atoms with E-state index in [9.17, 15) is 4.79 Å². The van der Waals surface area contributed by atoms with Crippen LogP contribution in [-0.2, 0) is 9.53 Å². The molecule has 0 saturated carbocycles. The van der Waals surface area contributed by atoms with E-state index in [0.29, 0.717) is 6.04 Å². The largest absolute Gasteiger partial charge is 0.468 e. The Labute approximate surface area is 86.4 Å². The van der Waals surface area contributed by atoms with Crippen LogP contribution in [0.1, 0.15) is 39.5 Å². The van der Waals surface area contributed by atoms with Gasteiger partial charge in [0, 0.05) is 12.6 Å². The van der Waals surface area contributed by atoms with Crippen LogP contribution in [0.25, 0.3) is 0 Å². The monoisotopic (exact) mass is 199 g/mol. The minimum atomic E-state index is -0.0698. The van der Waals surface area contributed by atoms with Crippen molar-refractivity contribution in [2.24, 2.45) is 0 Å². The van der Waals surface area contributed by atoms with Crippen LogP contribution < -0.4 is 0 Å². The molecule has 3 nitrogen and oxygen atoms in total. The first-order chi connectivity index (χ1) is 6.70. The van der Waals surface area contributed by atoms with Crippen LogP contribution in [0.15, 0.2) is 0 Å². The molecular weight excluding hydrogens is 178 g/mol. The van der Waals surface area contributed by atoms with Crippen LogP contribution in [0.2, 0.25) is 0 Å². The molecule has 0 bridgehead atoms. The molecule has 1 aliphatic heterocycles. The number of hydrogen-bond donors (Lipinski definition) is 0. The van der Waals surface area contributed by atoms with Gasteiger partial charge in [0.2, 0.25) is 0 Å². The molecule has 1 rings (SSSR count). The van der Waals surface area contributed by atoms with Crippen LogP contribution in [0.5, 0.6) is 0 Å². The number of ether oxygens (including phenoxy) is 1. The van der Waals surface area contributed by atoms with E-state index in [1.807, 2.05) is 0 Å². The lowest BCUT2D eigenvalue weighted by atomic mass is 9.98. The fourth-order valence-corrected chi connectivity index (χ4v) is 1.99. The molecule has 0 aromatic heterocycles. The summed E-state index contributed by atoms with van der Waals surface area (Å²) in [4.78, 5) is 13.6. The van der Waals surface area contributed by atoms with Crippen molar-refractivity contribution in [3.63, 3.8) is 0 Å². The summed E-state index contributed by atoms with van der Waals surface area (Å²) in [6.07, 6.45) is 4.61. The highest BCUT2D eigenvalue weighted by atomic mass is 16.5. The van der Waals surface area contributed by atoms with E-state index in [0.717, 1.165) is 13.0 Å². The molecule has 2 atom stereocenters. The Hall–Kier alpha value is -0.570. The van der Waals surface area contributed by atoms with Crippen molar-refractivity contribution in [3.05, 3.63) is 0 Å². The summed E-state index contributed by atoms with van der Waals surface area (Å²) in [5, 5.41) is 0. The van der Waals surface area contributed by atoms with E-state index >= 15 is 0 Å². The van der Waals surface area contributed by atoms with Gasteiger partial charge in [0.1, 0.15) is 6.04 Å². The maximum Gasteiger partial charge on any atom is 0.323 e. The second kappa shape index (κ2) is 5.35. The lowest BCUT2D eigenvalue weighted by Gasteiger charge is -2.43. The van der Waals surface area contributed by atoms with Crippen LogP contribution in [0, 0.1) is 0 Å². The molecule has 1 aliphatic rings. The number of esters is 1. The first kappa shape index (κ1) is 11.5. The molecule has 14 heavy (non-hydrogen) atoms. The number of likely N-dealkylation sites (tertiary alicyclic amines) is 1. The second-order valence-corrected chi connectivity index (χ2v) is 4.06. The highest BCUT2D eigenvalue weighted by Crippen LogP contribution is 2.23. The zero-order valence-electron chi connectivity index (χ0n) is 9.45. The van der Waals surface area contributed by atoms with Gasteiger partial charge in [-0.2, -0.15) is 0 Å². The maximum absolute atomic E-state index is 11.3. The molecule has 0 aromatic rings. The highest BCUT2D eigenvalue weighted by molar-refractivity contribution is 5.76. The summed E-state index contributed by atoms with van der Waals surface area (Å²) in [7, 11) is 1.47. The average molecular weight is 199 g/mol. The third-order valence-corrected chi connectivity index (χ3v) is 3.08. The molecule has 1 fully saturated rings. The SMILES string of the molecule is CCCCC(C)N1CCC1C(=O)OC. The fraction of sp³-hybridized carbons (Fsp3) is 0.909. The van der Waals surface area contributed by atoms with Gasteiger partial charge in [0.15, 0.2) is 0 Å². The number of carbonyl (C=O) groups excluding carboxylic acids is 1. The van der Waals surface area contributed by atoms with Gasteiger partial charge in [-0.05, 0) is 19.8 Å². The average Bonchev–Trinajstić information content (AvgIpc) is 2.12. The van der Waals surface area contributed by atoms with Gasteiger partial charge in [-0.15, -0.1) is 0 Å². The van der Waals surface area contributed by atoms with Gasteiger partial charge in [-0.1, -0.05) is 19.8 Å². The summed E-state index contributed by atoms with van der Waals surface area (Å²) in [5.41, 5.74) is 0. The van der Waals surface area contributed by atoms with Crippen molar-refractivity contribution >= 4 is 5.97 Å². The molecule has 0 N–H and O–H groups in total. The van der Waals surface area contributed by atoms with Crippen molar-refractivity contribution < 1.29 is 9.53 Å². The van der Waals surface area contributed by atoms with Gasteiger partial charge in [-0.3, -0.25) is 9.69 Å². The molecule has 0 aliphatic carbocycles. The molecule has 1 heterocycles. The van der Waals surface area contributed by atoms with Gasteiger partial charge in [-0.25, -0.2) is 0 Å². The van der Waals surface area contributed by atoms with Gasteiger partial charge in [0.05, 0.1) is 7.11 Å². The van der Waals surface area contributed by atoms with Crippen molar-refractivity contribution in [1.82, 2.24) is 4.90 Å². The number of carbonyl (C=O) groups is 1. The van der Waals surface area contributed by atoms with Crippen molar-refractivity contribution in [1.29, 1.82) is 0 Å². The molecule has 0 aromatic carbocycles. The fourth-order valence-electron chi connectivity index (χ4n) is 1.99. The number of hydrogen-bond acceptors (Lipinski definition) is 3. The highest BCUT2D eigenvalue weighted by Gasteiger charge is 2.37. The quantitative estimate of drug-likeness (QED) is 0.632. The summed E-state index contributed by atoms with van der Waals surface area (Å²) in [6, 6.07) is 0.555. The lowest BCUT2D eigenvalue weighted by Crippen LogP contribution is -2.56. The topological polar surface area (TPSA) is 29.5 Å². The summed E-state index contributed by atoms with van der Waals surface area (Å²) in [5.74, 6) is -0.0698. The van der Waals surface area contributed by atoms with Crippen LogP contribution in [-0.4, -0.2) is 36.6 Å². The Balaban J connectivity index is 2.33. The zero-order valence-corrected chi connectivity index (χ0v) is 9.45. The Morgan fingerprint density at radius 1 is 1.64 bits per heavy atom. The summed E-state index contributed by atoms with van der Waals surface area (Å²) < 4.78 is 4.76. The molecule has 3 heteroatoms. The molecule has 0 spiro atoms. The standard InChI is InChI=1S/C11H21NO2/c1-4-5-6-9(2)12-8-7-10(12)11(13)14-3/h9-10H,4-8H2,1-3H3. The third kappa shape index (κ3) is 2.47. The normalized spacial score (nSPS) is 24.1. The summed E-state index contributed by atoms with van der Waals surface area (Å²) >= 11 is 0. The summed E-state index contributed by atoms with van der Waals surface area (Å²) in [6.45, 7) is 5.44. The smallest absolute Gasteiger partial charge is 0.323 e. The predicted molar refractivity (Wildman–Crippen MR) is 56.1 cm³/mol. The van der Waals surface area contributed by atoms with E-state index in [2.05, 4.69) is 18.7 Å². The molecule has 0 amide bonds. The van der Waals surface area contributed by atoms with Gasteiger partial charge in [0.25, 0.3) is 0 Å². The first-order valence-electron chi connectivity index (χ1n) is 5.54. The van der Waals surface area contributed by atoms with E-state index in [1.54, 1.807) is 0 Å². The van der Waals surface area contributed by atoms with Crippen molar-refractivity contribution in [2.45, 2.75) is 51.6 Å².